The van der Waals surface area contributed by atoms with Crippen LogP contribution in [0.3, 0.4) is 0 Å². The van der Waals surface area contributed by atoms with Crippen molar-refractivity contribution in [3.8, 4) is 5.75 Å². The molecule has 5 nitrogen and oxygen atoms in total. The van der Waals surface area contributed by atoms with Crippen molar-refractivity contribution >= 4 is 28.2 Å². The summed E-state index contributed by atoms with van der Waals surface area (Å²) in [5.74, 6) is 0.417. The van der Waals surface area contributed by atoms with Gasteiger partial charge in [-0.1, -0.05) is 12.1 Å². The monoisotopic (exact) mass is 290 g/mol. The zero-order valence-corrected chi connectivity index (χ0v) is 12.0. The highest BCUT2D eigenvalue weighted by molar-refractivity contribution is 7.14. The fraction of sp³-hybridized carbons (Fsp3) is 0.214. The number of nitrogens with zero attached hydrogens (tertiary/aromatic N) is 1. The molecule has 0 aliphatic rings. The molecule has 0 fully saturated rings. The molecule has 20 heavy (non-hydrogen) atoms. The first-order valence-electron chi connectivity index (χ1n) is 5.97. The van der Waals surface area contributed by atoms with Crippen LogP contribution < -0.4 is 10.1 Å². The van der Waals surface area contributed by atoms with Crippen molar-refractivity contribution in [1.82, 2.24) is 4.98 Å². The minimum atomic E-state index is -0.178. The highest BCUT2D eigenvalue weighted by Gasteiger charge is 2.10. The number of ether oxygens (including phenoxy) is 1. The maximum Gasteiger partial charge on any atom is 0.230 e. The summed E-state index contributed by atoms with van der Waals surface area (Å²) in [5, 5.41) is 4.74. The van der Waals surface area contributed by atoms with Crippen molar-refractivity contribution in [2.45, 2.75) is 13.3 Å². The minimum Gasteiger partial charge on any atom is -0.497 e. The molecular weight excluding hydrogens is 276 g/mol. The Morgan fingerprint density at radius 1 is 1.40 bits per heavy atom. The summed E-state index contributed by atoms with van der Waals surface area (Å²) in [4.78, 5) is 27.1. The number of rotatable bonds is 5. The Kier molecular flexibility index (Phi) is 4.47. The van der Waals surface area contributed by atoms with E-state index < -0.39 is 0 Å². The van der Waals surface area contributed by atoms with E-state index in [1.54, 1.807) is 12.5 Å². The third-order valence-electron chi connectivity index (χ3n) is 2.61. The Hall–Kier alpha value is -2.21. The lowest BCUT2D eigenvalue weighted by Gasteiger charge is -2.04. The number of hydrogen-bond donors (Lipinski definition) is 1. The van der Waals surface area contributed by atoms with Gasteiger partial charge in [0.15, 0.2) is 10.9 Å². The zero-order chi connectivity index (χ0) is 14.5. The Labute approximate surface area is 120 Å². The normalized spacial score (nSPS) is 10.1. The molecule has 0 spiro atoms. The Balaban J connectivity index is 1.99. The number of ketones is 1. The number of benzene rings is 1. The van der Waals surface area contributed by atoms with Gasteiger partial charge in [0.2, 0.25) is 5.91 Å². The zero-order valence-electron chi connectivity index (χ0n) is 11.2. The number of hydrogen-bond acceptors (Lipinski definition) is 5. The third-order valence-corrected chi connectivity index (χ3v) is 3.37. The minimum absolute atomic E-state index is 0.116. The Morgan fingerprint density at radius 3 is 2.85 bits per heavy atom. The van der Waals surface area contributed by atoms with Crippen LogP contribution in [-0.4, -0.2) is 23.8 Å². The molecule has 1 amide bonds. The fourth-order valence-corrected chi connectivity index (χ4v) is 2.39. The van der Waals surface area contributed by atoms with Gasteiger partial charge in [-0.05, 0) is 17.7 Å². The molecule has 0 bridgehead atoms. The molecule has 0 saturated carbocycles. The van der Waals surface area contributed by atoms with E-state index in [0.29, 0.717) is 16.6 Å². The predicted molar refractivity (Wildman–Crippen MR) is 77.4 cm³/mol. The number of carbonyl (C=O) groups is 2. The number of carbonyl (C=O) groups excluding carboxylic acids is 2. The van der Waals surface area contributed by atoms with Crippen LogP contribution in [0.2, 0.25) is 0 Å². The number of amides is 1. The topological polar surface area (TPSA) is 68.3 Å². The highest BCUT2D eigenvalue weighted by atomic mass is 32.1. The average Bonchev–Trinajstić information content (AvgIpc) is 2.87. The van der Waals surface area contributed by atoms with Crippen LogP contribution in [0.5, 0.6) is 5.75 Å². The molecule has 1 N–H and O–H groups in total. The van der Waals surface area contributed by atoms with Crippen molar-refractivity contribution < 1.29 is 14.3 Å². The fourth-order valence-electron chi connectivity index (χ4n) is 1.62. The second-order valence-corrected chi connectivity index (χ2v) is 5.03. The second kappa shape index (κ2) is 6.29. The summed E-state index contributed by atoms with van der Waals surface area (Å²) in [7, 11) is 1.58. The molecule has 104 valence electrons. The lowest BCUT2D eigenvalue weighted by atomic mass is 10.1. The maximum atomic E-state index is 11.9. The van der Waals surface area contributed by atoms with Gasteiger partial charge in [0.05, 0.1) is 13.5 Å². The van der Waals surface area contributed by atoms with E-state index in [1.165, 1.54) is 18.3 Å². The number of anilines is 1. The van der Waals surface area contributed by atoms with Crippen LogP contribution in [0.1, 0.15) is 23.0 Å². The van der Waals surface area contributed by atoms with Crippen molar-refractivity contribution in [2.24, 2.45) is 0 Å². The van der Waals surface area contributed by atoms with Gasteiger partial charge >= 0.3 is 0 Å². The van der Waals surface area contributed by atoms with Gasteiger partial charge in [-0.2, -0.15) is 0 Å². The molecule has 0 aliphatic carbocycles. The quantitative estimate of drug-likeness (QED) is 0.859. The van der Waals surface area contributed by atoms with E-state index in [9.17, 15) is 9.59 Å². The summed E-state index contributed by atoms with van der Waals surface area (Å²) in [6.45, 7) is 1.44. The van der Waals surface area contributed by atoms with Crippen molar-refractivity contribution in [3.63, 3.8) is 0 Å². The number of methoxy groups -OCH3 is 1. The maximum absolute atomic E-state index is 11.9. The first-order chi connectivity index (χ1) is 9.58. The van der Waals surface area contributed by atoms with Gasteiger partial charge in [0.25, 0.3) is 0 Å². The van der Waals surface area contributed by atoms with Crippen molar-refractivity contribution in [1.29, 1.82) is 0 Å². The van der Waals surface area contributed by atoms with E-state index >= 15 is 0 Å². The Bertz CT molecular complexity index is 637. The van der Waals surface area contributed by atoms with E-state index in [2.05, 4.69) is 10.3 Å². The first kappa shape index (κ1) is 14.2. The van der Waals surface area contributed by atoms with Crippen molar-refractivity contribution in [2.75, 3.05) is 12.4 Å². The summed E-state index contributed by atoms with van der Waals surface area (Å²) in [6, 6.07) is 7.31. The molecule has 0 unspecified atom stereocenters. The average molecular weight is 290 g/mol. The van der Waals surface area contributed by atoms with Crippen LogP contribution in [0.25, 0.3) is 0 Å². The van der Waals surface area contributed by atoms with E-state index in [1.807, 2.05) is 24.3 Å². The first-order valence-corrected chi connectivity index (χ1v) is 6.85. The molecule has 2 aromatic rings. The van der Waals surface area contributed by atoms with Crippen molar-refractivity contribution in [3.05, 3.63) is 40.9 Å². The molecule has 0 aliphatic heterocycles. The number of thiazole rings is 1. The summed E-state index contributed by atoms with van der Waals surface area (Å²) in [6.07, 6.45) is 0.228. The van der Waals surface area contributed by atoms with Crippen LogP contribution in [0.15, 0.2) is 29.6 Å². The lowest BCUT2D eigenvalue weighted by molar-refractivity contribution is -0.115. The van der Waals surface area contributed by atoms with Crippen LogP contribution >= 0.6 is 11.3 Å². The molecule has 1 aromatic carbocycles. The molecule has 1 heterocycles. The number of nitrogens with one attached hydrogen (secondary N) is 1. The predicted octanol–water partition coefficient (Wildman–Crippen LogP) is 2.54. The van der Waals surface area contributed by atoms with Gasteiger partial charge in [0, 0.05) is 12.3 Å². The molecule has 6 heteroatoms. The largest absolute Gasteiger partial charge is 0.497 e. The molecule has 0 atom stereocenters. The van der Waals surface area contributed by atoms with Crippen LogP contribution in [-0.2, 0) is 11.2 Å². The molecule has 0 saturated heterocycles. The summed E-state index contributed by atoms with van der Waals surface area (Å²) < 4.78 is 5.10. The van der Waals surface area contributed by atoms with Gasteiger partial charge in [-0.3, -0.25) is 9.59 Å². The second-order valence-electron chi connectivity index (χ2n) is 4.17. The van der Waals surface area contributed by atoms with Gasteiger partial charge in [-0.25, -0.2) is 4.98 Å². The van der Waals surface area contributed by atoms with E-state index in [4.69, 9.17) is 4.74 Å². The van der Waals surface area contributed by atoms with Crippen LogP contribution in [0, 0.1) is 0 Å². The van der Waals surface area contributed by atoms with E-state index in [0.717, 1.165) is 5.56 Å². The lowest BCUT2D eigenvalue weighted by Crippen LogP contribution is -2.14. The standard InChI is InChI=1S/C14H14N2O3S/c1-9(17)12-8-20-14(15-12)16-13(18)7-10-4-3-5-11(6-10)19-2/h3-6,8H,7H2,1-2H3,(H,15,16,18). The third kappa shape index (κ3) is 3.64. The molecule has 2 rings (SSSR count). The van der Waals surface area contributed by atoms with Crippen LogP contribution in [0.4, 0.5) is 5.13 Å². The van der Waals surface area contributed by atoms with Gasteiger partial charge in [-0.15, -0.1) is 11.3 Å². The van der Waals surface area contributed by atoms with E-state index in [-0.39, 0.29) is 18.1 Å². The highest BCUT2D eigenvalue weighted by Crippen LogP contribution is 2.17. The number of aromatic nitrogens is 1. The number of Topliss-reactive ketones (excluding diaryl/α,β-unsaturated/α-hetero) is 1. The molecular formula is C14H14N2O3S. The summed E-state index contributed by atoms with van der Waals surface area (Å²) in [5.41, 5.74) is 1.22. The molecule has 1 aromatic heterocycles. The van der Waals surface area contributed by atoms with Gasteiger partial charge < -0.3 is 10.1 Å². The van der Waals surface area contributed by atoms with Gasteiger partial charge in [0.1, 0.15) is 11.4 Å². The summed E-state index contributed by atoms with van der Waals surface area (Å²) >= 11 is 1.24. The SMILES string of the molecule is COc1cccc(CC(=O)Nc2nc(C(C)=O)cs2)c1. The smallest absolute Gasteiger partial charge is 0.230 e. The Morgan fingerprint density at radius 2 is 2.20 bits per heavy atom. The molecule has 0 radical (unpaired) electrons.